The number of rotatable bonds is 7. The summed E-state index contributed by atoms with van der Waals surface area (Å²) in [6.45, 7) is 16.8. The minimum Gasteiger partial charge on any atom is -0.472 e. The van der Waals surface area contributed by atoms with Crippen molar-refractivity contribution in [1.29, 1.82) is 0 Å². The second kappa shape index (κ2) is 8.35. The van der Waals surface area contributed by atoms with Gasteiger partial charge in [0.25, 0.3) is 0 Å². The van der Waals surface area contributed by atoms with Gasteiger partial charge in [0.15, 0.2) is 0 Å². The van der Waals surface area contributed by atoms with Gasteiger partial charge in [-0.3, -0.25) is 0 Å². The van der Waals surface area contributed by atoms with Gasteiger partial charge in [-0.25, -0.2) is 0 Å². The topological polar surface area (TPSA) is 18.5 Å². The van der Waals surface area contributed by atoms with Gasteiger partial charge in [-0.15, -0.1) is 0 Å². The van der Waals surface area contributed by atoms with Crippen LogP contribution in [-0.4, -0.2) is 27.4 Å². The smallest absolute Gasteiger partial charge is 0.147 e. The van der Waals surface area contributed by atoms with E-state index < -0.39 is 5.90 Å². The lowest BCUT2D eigenvalue weighted by molar-refractivity contribution is 0.144. The number of ether oxygens (including phenoxy) is 2. The molecule has 0 heterocycles. The molecule has 0 aromatic heterocycles. The van der Waals surface area contributed by atoms with E-state index in [0.29, 0.717) is 13.2 Å². The summed E-state index contributed by atoms with van der Waals surface area (Å²) < 4.78 is 11.0. The highest BCUT2D eigenvalue weighted by atomic mass is 32.9. The number of benzene rings is 1. The van der Waals surface area contributed by atoms with Crippen molar-refractivity contribution >= 4 is 35.3 Å². The van der Waals surface area contributed by atoms with E-state index in [1.54, 1.807) is 14.2 Å². The van der Waals surface area contributed by atoms with Crippen LogP contribution in [0.15, 0.2) is 12.1 Å². The standard InChI is InChI=1S/C20H33O2PS2/c1-18(2,3)14-10-15(19(4,5)12-21-8)17(23(24)25)16(11-14)20(6,7)13-22-9/h10-11H,12-13H2,1-9H3. The van der Waals surface area contributed by atoms with Crippen LogP contribution >= 0.6 is 5.90 Å². The molecule has 25 heavy (non-hydrogen) atoms. The fraction of sp³-hybridized carbons (Fsp3) is 0.700. The Balaban J connectivity index is 3.89. The molecule has 1 unspecified atom stereocenters. The Bertz CT molecular complexity index is 592. The first-order valence-electron chi connectivity index (χ1n) is 8.59. The Hall–Kier alpha value is 0.01000. The normalized spacial score (nSPS) is 13.9. The maximum Gasteiger partial charge on any atom is 0.147 e. The minimum atomic E-state index is -1.08. The summed E-state index contributed by atoms with van der Waals surface area (Å²) >= 11 is 11.3. The van der Waals surface area contributed by atoms with E-state index in [4.69, 9.17) is 33.5 Å². The highest BCUT2D eigenvalue weighted by molar-refractivity contribution is 8.49. The van der Waals surface area contributed by atoms with Gasteiger partial charge in [-0.2, -0.15) is 0 Å². The van der Waals surface area contributed by atoms with Crippen LogP contribution in [-0.2, 0) is 49.8 Å². The maximum absolute atomic E-state index is 5.66. The monoisotopic (exact) mass is 400 g/mol. The molecule has 0 saturated heterocycles. The fourth-order valence-corrected chi connectivity index (χ4v) is 5.48. The van der Waals surface area contributed by atoms with E-state index >= 15 is 0 Å². The van der Waals surface area contributed by atoms with Gasteiger partial charge in [0, 0.05) is 36.2 Å². The van der Waals surface area contributed by atoms with Crippen LogP contribution in [0, 0.1) is 0 Å². The van der Waals surface area contributed by atoms with Gasteiger partial charge in [0.1, 0.15) is 17.1 Å². The summed E-state index contributed by atoms with van der Waals surface area (Å²) in [6, 6.07) is 4.60. The Kier molecular flexibility index (Phi) is 7.70. The molecule has 2 nitrogen and oxygen atoms in total. The zero-order valence-corrected chi connectivity index (χ0v) is 19.7. The summed E-state index contributed by atoms with van der Waals surface area (Å²) in [7, 11) is 3.49. The Labute approximate surface area is 165 Å². The first-order chi connectivity index (χ1) is 11.3. The lowest BCUT2D eigenvalue weighted by atomic mass is 9.74. The van der Waals surface area contributed by atoms with Crippen LogP contribution in [0.3, 0.4) is 0 Å². The summed E-state index contributed by atoms with van der Waals surface area (Å²) in [5, 5.41) is 1.15. The molecule has 0 aliphatic rings. The average molecular weight is 401 g/mol. The predicted octanol–water partition coefficient (Wildman–Crippen LogP) is 4.86. The average Bonchev–Trinajstić information content (AvgIpc) is 2.44. The fourth-order valence-electron chi connectivity index (χ4n) is 3.17. The van der Waals surface area contributed by atoms with Gasteiger partial charge in [-0.1, -0.05) is 60.6 Å². The maximum atomic E-state index is 5.66. The molecule has 1 aromatic rings. The Morgan fingerprint density at radius 2 is 1.24 bits per heavy atom. The van der Waals surface area contributed by atoms with Gasteiger partial charge in [0.05, 0.1) is 19.1 Å². The van der Waals surface area contributed by atoms with Gasteiger partial charge in [-0.05, 0) is 11.0 Å². The zero-order valence-electron chi connectivity index (χ0n) is 17.1. The van der Waals surface area contributed by atoms with E-state index in [1.165, 1.54) is 16.7 Å². The quantitative estimate of drug-likeness (QED) is 0.480. The van der Waals surface area contributed by atoms with E-state index in [2.05, 4.69) is 60.6 Å². The Morgan fingerprint density at radius 1 is 0.880 bits per heavy atom. The van der Waals surface area contributed by atoms with Crippen molar-refractivity contribution in [2.24, 2.45) is 0 Å². The van der Waals surface area contributed by atoms with Crippen LogP contribution < -0.4 is 5.30 Å². The SMILES string of the molecule is COCC(C)(C)c1cc(C(C)(C)C)cc(C(C)(C)COC)c1[P+](=S)[S-]. The third kappa shape index (κ3) is 5.49. The summed E-state index contributed by atoms with van der Waals surface area (Å²) in [5.41, 5.74) is 3.51. The summed E-state index contributed by atoms with van der Waals surface area (Å²) in [5.74, 6) is -1.08. The van der Waals surface area contributed by atoms with Crippen molar-refractivity contribution in [2.75, 3.05) is 27.4 Å². The van der Waals surface area contributed by atoms with E-state index in [1.807, 2.05) is 0 Å². The van der Waals surface area contributed by atoms with Crippen molar-refractivity contribution in [1.82, 2.24) is 0 Å². The molecule has 0 spiro atoms. The molecule has 0 amide bonds. The van der Waals surface area contributed by atoms with Crippen molar-refractivity contribution in [3.05, 3.63) is 28.8 Å². The zero-order chi connectivity index (χ0) is 19.6. The van der Waals surface area contributed by atoms with Crippen molar-refractivity contribution < 1.29 is 9.47 Å². The third-order valence-electron chi connectivity index (χ3n) is 4.63. The van der Waals surface area contributed by atoms with Crippen LogP contribution in [0.5, 0.6) is 0 Å². The Morgan fingerprint density at radius 3 is 1.48 bits per heavy atom. The molecule has 0 aliphatic heterocycles. The van der Waals surface area contributed by atoms with Crippen molar-refractivity contribution in [3.63, 3.8) is 0 Å². The highest BCUT2D eigenvalue weighted by Crippen LogP contribution is 2.38. The van der Waals surface area contributed by atoms with E-state index in [0.717, 1.165) is 5.30 Å². The molecular weight excluding hydrogens is 367 g/mol. The number of hydrogen-bond acceptors (Lipinski definition) is 4. The molecular formula is C20H33O2PS2. The van der Waals surface area contributed by atoms with Crippen LogP contribution in [0.25, 0.3) is 0 Å². The van der Waals surface area contributed by atoms with E-state index in [-0.39, 0.29) is 16.2 Å². The minimum absolute atomic E-state index is 0.0417. The molecule has 5 heteroatoms. The summed E-state index contributed by atoms with van der Waals surface area (Å²) in [4.78, 5) is 0. The number of hydrogen-bond donors (Lipinski definition) is 0. The van der Waals surface area contributed by atoms with Crippen LogP contribution in [0.2, 0.25) is 0 Å². The lowest BCUT2D eigenvalue weighted by Crippen LogP contribution is -2.36. The molecule has 1 aromatic carbocycles. The summed E-state index contributed by atoms with van der Waals surface area (Å²) in [6.07, 6.45) is 0. The molecule has 1 rings (SSSR count). The van der Waals surface area contributed by atoms with Crippen LogP contribution in [0.4, 0.5) is 0 Å². The molecule has 0 aliphatic carbocycles. The molecule has 1 atom stereocenters. The second-order valence-corrected chi connectivity index (χ2v) is 12.9. The van der Waals surface area contributed by atoms with Crippen molar-refractivity contribution in [2.45, 2.75) is 64.7 Å². The largest absolute Gasteiger partial charge is 0.472 e. The molecule has 0 N–H and O–H groups in total. The van der Waals surface area contributed by atoms with Gasteiger partial charge >= 0.3 is 0 Å². The van der Waals surface area contributed by atoms with Crippen LogP contribution in [0.1, 0.15) is 65.2 Å². The first-order valence-corrected chi connectivity index (χ1v) is 12.0. The van der Waals surface area contributed by atoms with Crippen molar-refractivity contribution in [3.8, 4) is 0 Å². The highest BCUT2D eigenvalue weighted by Gasteiger charge is 2.36. The molecule has 0 radical (unpaired) electrons. The van der Waals surface area contributed by atoms with E-state index in [9.17, 15) is 0 Å². The lowest BCUT2D eigenvalue weighted by Gasteiger charge is -2.33. The third-order valence-corrected chi connectivity index (χ3v) is 6.57. The predicted molar refractivity (Wildman–Crippen MR) is 116 cm³/mol. The van der Waals surface area contributed by atoms with Gasteiger partial charge < -0.3 is 21.7 Å². The molecule has 0 bridgehead atoms. The number of methoxy groups -OCH3 is 2. The molecule has 0 fully saturated rings. The molecule has 0 saturated carbocycles. The first kappa shape index (κ1) is 23.0. The second-order valence-electron chi connectivity index (χ2n) is 9.06. The van der Waals surface area contributed by atoms with Gasteiger partial charge in [0.2, 0.25) is 0 Å². The molecule has 142 valence electrons.